The first-order valence-corrected chi connectivity index (χ1v) is 6.88. The van der Waals surface area contributed by atoms with Gasteiger partial charge in [0.25, 0.3) is 0 Å². The van der Waals surface area contributed by atoms with Crippen LogP contribution in [0.15, 0.2) is 12.1 Å². The maximum absolute atomic E-state index is 12.0. The third-order valence-electron chi connectivity index (χ3n) is 3.86. The van der Waals surface area contributed by atoms with Gasteiger partial charge in [0.05, 0.1) is 27.2 Å². The van der Waals surface area contributed by atoms with Gasteiger partial charge in [0.1, 0.15) is 17.2 Å². The van der Waals surface area contributed by atoms with Crippen LogP contribution in [0.1, 0.15) is 17.9 Å². The molecule has 2 atom stereocenters. The second-order valence-corrected chi connectivity index (χ2v) is 5.04. The third-order valence-corrected chi connectivity index (χ3v) is 3.86. The average Bonchev–Trinajstić information content (AvgIpc) is 2.80. The van der Waals surface area contributed by atoms with Crippen molar-refractivity contribution < 1.29 is 33.6 Å². The van der Waals surface area contributed by atoms with Crippen LogP contribution in [0.3, 0.4) is 0 Å². The van der Waals surface area contributed by atoms with Gasteiger partial charge in [-0.1, -0.05) is 0 Å². The first kappa shape index (κ1) is 16.7. The zero-order valence-electron chi connectivity index (χ0n) is 13.4. The van der Waals surface area contributed by atoms with E-state index in [4.69, 9.17) is 24.1 Å². The van der Waals surface area contributed by atoms with E-state index in [1.54, 1.807) is 12.1 Å². The Morgan fingerprint density at radius 1 is 1.17 bits per heavy atom. The molecule has 0 spiro atoms. The van der Waals surface area contributed by atoms with Crippen LogP contribution >= 0.6 is 0 Å². The highest BCUT2D eigenvalue weighted by Crippen LogP contribution is 2.45. The van der Waals surface area contributed by atoms with Gasteiger partial charge in [-0.05, 0) is 0 Å². The molecule has 0 radical (unpaired) electrons. The largest absolute Gasteiger partial charge is 0.507 e. The van der Waals surface area contributed by atoms with Crippen molar-refractivity contribution in [3.05, 3.63) is 17.7 Å². The minimum absolute atomic E-state index is 0.0908. The van der Waals surface area contributed by atoms with Gasteiger partial charge in [-0.25, -0.2) is 4.79 Å². The van der Waals surface area contributed by atoms with Gasteiger partial charge in [0, 0.05) is 31.2 Å². The molecule has 0 aromatic heterocycles. The summed E-state index contributed by atoms with van der Waals surface area (Å²) in [5.41, 5.74) is 0.569. The quantitative estimate of drug-likeness (QED) is 0.823. The maximum Gasteiger partial charge on any atom is 0.507 e. The molecule has 0 aliphatic carbocycles. The molecular weight excluding hydrogens is 306 g/mol. The Morgan fingerprint density at radius 2 is 1.74 bits per heavy atom. The molecule has 8 nitrogen and oxygen atoms in total. The molecule has 1 aliphatic rings. The van der Waals surface area contributed by atoms with Crippen LogP contribution in [0.4, 0.5) is 4.79 Å². The highest BCUT2D eigenvalue weighted by molar-refractivity contribution is 5.81. The number of hydrogen-bond donors (Lipinski definition) is 1. The molecule has 0 bridgehead atoms. The van der Waals surface area contributed by atoms with E-state index in [-0.39, 0.29) is 12.3 Å². The number of benzene rings is 1. The highest BCUT2D eigenvalue weighted by atomic mass is 16.7. The molecule has 1 heterocycles. The number of likely N-dealkylation sites (tertiary alicyclic amines) is 1. The smallest absolute Gasteiger partial charge is 0.496 e. The second-order valence-electron chi connectivity index (χ2n) is 5.04. The number of methoxy groups -OCH3 is 3. The summed E-state index contributed by atoms with van der Waals surface area (Å²) in [4.78, 5) is 24.2. The molecule has 0 unspecified atom stereocenters. The Kier molecular flexibility index (Phi) is 4.83. The molecule has 1 saturated heterocycles. The van der Waals surface area contributed by atoms with Crippen molar-refractivity contribution in [2.24, 2.45) is 0 Å². The first-order valence-electron chi connectivity index (χ1n) is 6.88. The van der Waals surface area contributed by atoms with Crippen LogP contribution < -0.4 is 14.2 Å². The van der Waals surface area contributed by atoms with Gasteiger partial charge in [0.15, 0.2) is 6.23 Å². The van der Waals surface area contributed by atoms with Crippen molar-refractivity contribution in [1.82, 2.24) is 4.90 Å². The van der Waals surface area contributed by atoms with Crippen molar-refractivity contribution in [2.45, 2.75) is 18.6 Å². The predicted octanol–water partition coefficient (Wildman–Crippen LogP) is 1.68. The number of amides is 1. The van der Waals surface area contributed by atoms with Crippen molar-refractivity contribution >= 4 is 12.1 Å². The number of carboxylic acid groups (broad SMARTS) is 1. The monoisotopic (exact) mass is 325 g/mol. The first-order chi connectivity index (χ1) is 10.9. The summed E-state index contributed by atoms with van der Waals surface area (Å²) in [6, 6.07) is 3.30. The third kappa shape index (κ3) is 3.10. The second kappa shape index (κ2) is 6.64. The lowest BCUT2D eigenvalue weighted by Gasteiger charge is -2.26. The number of nitrogens with zero attached hydrogens (tertiary/aromatic N) is 1. The summed E-state index contributed by atoms with van der Waals surface area (Å²) >= 11 is 0. The standard InChI is InChI=1S/C15H19NO7/c1-16-12(17)7-9(14(16)23-15(18)19)13-10(21-3)5-8(20-2)6-11(13)22-4/h5-6,9,14H,7H2,1-4H3,(H,18,19)/t9-,14-/m1/s1. The SMILES string of the molecule is COc1cc(OC)c([C@H]2CC(=O)N(C)[C@@H]2OC(=O)O)c(OC)c1. The van der Waals surface area contributed by atoms with Crippen molar-refractivity contribution in [3.63, 3.8) is 0 Å². The molecule has 126 valence electrons. The van der Waals surface area contributed by atoms with Gasteiger partial charge in [-0.3, -0.25) is 4.79 Å². The molecule has 1 amide bonds. The number of carbonyl (C=O) groups is 2. The average molecular weight is 325 g/mol. The topological polar surface area (TPSA) is 94.5 Å². The van der Waals surface area contributed by atoms with Gasteiger partial charge in [-0.15, -0.1) is 0 Å². The summed E-state index contributed by atoms with van der Waals surface area (Å²) in [5, 5.41) is 8.94. The van der Waals surface area contributed by atoms with Crippen LogP contribution in [0, 0.1) is 0 Å². The van der Waals surface area contributed by atoms with Gasteiger partial charge in [0.2, 0.25) is 5.91 Å². The van der Waals surface area contributed by atoms with E-state index in [1.165, 1.54) is 33.3 Å². The van der Waals surface area contributed by atoms with E-state index in [2.05, 4.69) is 0 Å². The zero-order chi connectivity index (χ0) is 17.1. The van der Waals surface area contributed by atoms with Crippen LogP contribution in [-0.2, 0) is 9.53 Å². The fraction of sp³-hybridized carbons (Fsp3) is 0.467. The van der Waals surface area contributed by atoms with Crippen LogP contribution in [0.2, 0.25) is 0 Å². The number of rotatable bonds is 5. The van der Waals surface area contributed by atoms with E-state index in [0.29, 0.717) is 22.8 Å². The van der Waals surface area contributed by atoms with Crippen LogP contribution in [0.25, 0.3) is 0 Å². The van der Waals surface area contributed by atoms with Crippen LogP contribution in [-0.4, -0.2) is 56.7 Å². The van der Waals surface area contributed by atoms with E-state index < -0.39 is 18.3 Å². The number of likely N-dealkylation sites (N-methyl/N-ethyl adjacent to an activating group) is 1. The van der Waals surface area contributed by atoms with E-state index >= 15 is 0 Å². The lowest BCUT2D eigenvalue weighted by atomic mass is 9.94. The zero-order valence-corrected chi connectivity index (χ0v) is 13.4. The Labute approximate surface area is 133 Å². The molecule has 1 N–H and O–H groups in total. The Hall–Kier alpha value is -2.64. The van der Waals surface area contributed by atoms with E-state index in [1.807, 2.05) is 0 Å². The fourth-order valence-electron chi connectivity index (χ4n) is 2.75. The van der Waals surface area contributed by atoms with Crippen molar-refractivity contribution in [1.29, 1.82) is 0 Å². The summed E-state index contributed by atoms with van der Waals surface area (Å²) in [6.07, 6.45) is -2.31. The van der Waals surface area contributed by atoms with Crippen molar-refractivity contribution in [3.8, 4) is 17.2 Å². The molecular formula is C15H19NO7. The van der Waals surface area contributed by atoms with E-state index in [9.17, 15) is 9.59 Å². The fourth-order valence-corrected chi connectivity index (χ4v) is 2.75. The highest BCUT2D eigenvalue weighted by Gasteiger charge is 2.44. The molecule has 1 aromatic rings. The number of ether oxygens (including phenoxy) is 4. The summed E-state index contributed by atoms with van der Waals surface area (Å²) in [7, 11) is 5.96. The summed E-state index contributed by atoms with van der Waals surface area (Å²) in [5.74, 6) is 0.637. The number of carbonyl (C=O) groups excluding carboxylic acids is 1. The van der Waals surface area contributed by atoms with Gasteiger partial charge < -0.3 is 29.0 Å². The normalized spacial score (nSPS) is 20.3. The van der Waals surface area contributed by atoms with Gasteiger partial charge in [-0.2, -0.15) is 0 Å². The molecule has 0 saturated carbocycles. The lowest BCUT2D eigenvalue weighted by Crippen LogP contribution is -2.35. The minimum atomic E-state index is -1.45. The molecule has 2 rings (SSSR count). The molecule has 1 aromatic carbocycles. The molecule has 23 heavy (non-hydrogen) atoms. The Balaban J connectivity index is 2.54. The van der Waals surface area contributed by atoms with Crippen molar-refractivity contribution in [2.75, 3.05) is 28.4 Å². The molecule has 8 heteroatoms. The maximum atomic E-state index is 12.0. The van der Waals surface area contributed by atoms with E-state index in [0.717, 1.165) is 0 Å². The Morgan fingerprint density at radius 3 is 2.17 bits per heavy atom. The Bertz CT molecular complexity index is 591. The summed E-state index contributed by atoms with van der Waals surface area (Å²) in [6.45, 7) is 0. The predicted molar refractivity (Wildman–Crippen MR) is 79.1 cm³/mol. The lowest BCUT2D eigenvalue weighted by molar-refractivity contribution is -0.131. The number of hydrogen-bond acceptors (Lipinski definition) is 6. The minimum Gasteiger partial charge on any atom is -0.496 e. The molecule has 1 fully saturated rings. The molecule has 1 aliphatic heterocycles. The van der Waals surface area contributed by atoms with Gasteiger partial charge >= 0.3 is 6.16 Å². The summed E-state index contributed by atoms with van der Waals surface area (Å²) < 4.78 is 20.8. The van der Waals surface area contributed by atoms with Crippen LogP contribution in [0.5, 0.6) is 17.2 Å².